The molecule has 2 aromatic carbocycles. The minimum atomic E-state index is -4.14. The molecule has 0 unspecified atom stereocenters. The van der Waals surface area contributed by atoms with Gasteiger partial charge in [0, 0.05) is 37.7 Å². The van der Waals surface area contributed by atoms with Crippen LogP contribution in [0.5, 0.6) is 5.75 Å². The fourth-order valence-electron chi connectivity index (χ4n) is 3.61. The fourth-order valence-corrected chi connectivity index (χ4v) is 5.40. The lowest BCUT2D eigenvalue weighted by Gasteiger charge is -2.35. The van der Waals surface area contributed by atoms with Crippen LogP contribution in [0.3, 0.4) is 0 Å². The lowest BCUT2D eigenvalue weighted by Crippen LogP contribution is -2.53. The number of rotatable bonds is 8. The SMILES string of the molecule is CCOC(=O)N1CCN(C(=O)CN(Cc2ccccc2)S(=O)(=O)c2cc(Cl)ccc2OC)CC1. The Labute approximate surface area is 204 Å². The van der Waals surface area contributed by atoms with Crippen molar-refractivity contribution in [2.45, 2.75) is 18.4 Å². The lowest BCUT2D eigenvalue weighted by atomic mass is 10.2. The van der Waals surface area contributed by atoms with E-state index in [-0.39, 0.29) is 54.4 Å². The van der Waals surface area contributed by atoms with Crippen LogP contribution in [0.15, 0.2) is 53.4 Å². The van der Waals surface area contributed by atoms with Crippen LogP contribution in [-0.4, -0.2) is 81.0 Å². The Bertz CT molecular complexity index is 1100. The van der Waals surface area contributed by atoms with Gasteiger partial charge in [-0.15, -0.1) is 0 Å². The quantitative estimate of drug-likeness (QED) is 0.543. The maximum Gasteiger partial charge on any atom is 0.409 e. The molecule has 0 atom stereocenters. The Morgan fingerprint density at radius 3 is 2.29 bits per heavy atom. The van der Waals surface area contributed by atoms with Gasteiger partial charge >= 0.3 is 6.09 Å². The molecule has 0 spiro atoms. The van der Waals surface area contributed by atoms with Crippen molar-refractivity contribution in [2.75, 3.05) is 46.4 Å². The summed E-state index contributed by atoms with van der Waals surface area (Å²) < 4.78 is 38.7. The van der Waals surface area contributed by atoms with Gasteiger partial charge in [0.1, 0.15) is 10.6 Å². The first kappa shape index (κ1) is 25.8. The van der Waals surface area contributed by atoms with E-state index in [2.05, 4.69) is 0 Å². The summed E-state index contributed by atoms with van der Waals surface area (Å²) in [5, 5.41) is 0.237. The molecule has 0 saturated carbocycles. The highest BCUT2D eigenvalue weighted by Crippen LogP contribution is 2.30. The van der Waals surface area contributed by atoms with Crippen molar-refractivity contribution in [3.05, 3.63) is 59.1 Å². The van der Waals surface area contributed by atoms with Crippen LogP contribution in [0, 0.1) is 0 Å². The van der Waals surface area contributed by atoms with Crippen molar-refractivity contribution >= 4 is 33.6 Å². The van der Waals surface area contributed by atoms with Crippen LogP contribution in [0.1, 0.15) is 12.5 Å². The highest BCUT2D eigenvalue weighted by Gasteiger charge is 2.33. The summed E-state index contributed by atoms with van der Waals surface area (Å²) in [6.45, 7) is 2.84. The van der Waals surface area contributed by atoms with Gasteiger partial charge in [-0.25, -0.2) is 13.2 Å². The largest absolute Gasteiger partial charge is 0.495 e. The molecule has 1 saturated heterocycles. The van der Waals surface area contributed by atoms with E-state index >= 15 is 0 Å². The zero-order valence-corrected chi connectivity index (χ0v) is 20.7. The molecule has 2 aromatic rings. The molecule has 34 heavy (non-hydrogen) atoms. The molecule has 1 aliphatic heterocycles. The maximum absolute atomic E-state index is 13.6. The van der Waals surface area contributed by atoms with Gasteiger partial charge in [-0.1, -0.05) is 41.9 Å². The lowest BCUT2D eigenvalue weighted by molar-refractivity contribution is -0.133. The zero-order valence-electron chi connectivity index (χ0n) is 19.1. The van der Waals surface area contributed by atoms with E-state index in [4.69, 9.17) is 21.1 Å². The van der Waals surface area contributed by atoms with E-state index in [0.29, 0.717) is 13.1 Å². The standard InChI is InChI=1S/C23H28ClN3O6S/c1-3-33-23(29)26-13-11-25(12-14-26)22(28)17-27(16-18-7-5-4-6-8-18)34(30,31)21-15-19(24)9-10-20(21)32-2/h4-10,15H,3,11-14,16-17H2,1-2H3. The minimum Gasteiger partial charge on any atom is -0.495 e. The summed E-state index contributed by atoms with van der Waals surface area (Å²) >= 11 is 6.08. The Kier molecular flexibility index (Phi) is 8.76. The molecule has 3 rings (SSSR count). The van der Waals surface area contributed by atoms with Gasteiger partial charge in [0.05, 0.1) is 20.3 Å². The molecule has 9 nitrogen and oxygen atoms in total. The number of halogens is 1. The fraction of sp³-hybridized carbons (Fsp3) is 0.391. The number of amides is 2. The smallest absolute Gasteiger partial charge is 0.409 e. The molecule has 0 aliphatic carbocycles. The highest BCUT2D eigenvalue weighted by molar-refractivity contribution is 7.89. The third kappa shape index (κ3) is 6.19. The van der Waals surface area contributed by atoms with Crippen LogP contribution in [-0.2, 0) is 26.1 Å². The number of hydrogen-bond donors (Lipinski definition) is 0. The van der Waals surface area contributed by atoms with Crippen molar-refractivity contribution in [3.8, 4) is 5.75 Å². The maximum atomic E-state index is 13.6. The van der Waals surface area contributed by atoms with Gasteiger partial charge in [-0.3, -0.25) is 4.79 Å². The van der Waals surface area contributed by atoms with E-state index in [1.54, 1.807) is 36.1 Å². The normalized spacial score (nSPS) is 14.2. The van der Waals surface area contributed by atoms with Gasteiger partial charge in [0.25, 0.3) is 0 Å². The van der Waals surface area contributed by atoms with Crippen LogP contribution in [0.2, 0.25) is 5.02 Å². The van der Waals surface area contributed by atoms with Crippen molar-refractivity contribution in [2.24, 2.45) is 0 Å². The van der Waals surface area contributed by atoms with Crippen LogP contribution in [0.25, 0.3) is 0 Å². The number of piperazine rings is 1. The number of methoxy groups -OCH3 is 1. The molecule has 0 bridgehead atoms. The van der Waals surface area contributed by atoms with Crippen LogP contribution in [0.4, 0.5) is 4.79 Å². The number of hydrogen-bond acceptors (Lipinski definition) is 6. The Balaban J connectivity index is 1.82. The van der Waals surface area contributed by atoms with Crippen molar-refractivity contribution in [1.29, 1.82) is 0 Å². The van der Waals surface area contributed by atoms with Gasteiger partial charge in [-0.05, 0) is 30.7 Å². The summed E-state index contributed by atoms with van der Waals surface area (Å²) in [5.74, 6) is -0.220. The Hall–Kier alpha value is -2.82. The second-order valence-corrected chi connectivity index (χ2v) is 9.96. The predicted octanol–water partition coefficient (Wildman–Crippen LogP) is 2.84. The molecule has 184 valence electrons. The first-order valence-corrected chi connectivity index (χ1v) is 12.6. The third-order valence-electron chi connectivity index (χ3n) is 5.42. The molecular formula is C23H28ClN3O6S. The van der Waals surface area contributed by atoms with E-state index in [0.717, 1.165) is 9.87 Å². The topological polar surface area (TPSA) is 96.5 Å². The van der Waals surface area contributed by atoms with Crippen molar-refractivity contribution in [1.82, 2.24) is 14.1 Å². The second kappa shape index (κ2) is 11.5. The van der Waals surface area contributed by atoms with Crippen molar-refractivity contribution < 1.29 is 27.5 Å². The molecule has 0 N–H and O–H groups in total. The molecule has 1 fully saturated rings. The monoisotopic (exact) mass is 509 g/mol. The predicted molar refractivity (Wildman–Crippen MR) is 127 cm³/mol. The summed E-state index contributed by atoms with van der Waals surface area (Å²) in [7, 11) is -2.76. The third-order valence-corrected chi connectivity index (χ3v) is 7.46. The van der Waals surface area contributed by atoms with Gasteiger partial charge < -0.3 is 19.3 Å². The summed E-state index contributed by atoms with van der Waals surface area (Å²) in [5.41, 5.74) is 0.729. The number of nitrogens with zero attached hydrogens (tertiary/aromatic N) is 3. The van der Waals surface area contributed by atoms with E-state index in [1.165, 1.54) is 30.2 Å². The van der Waals surface area contributed by atoms with Gasteiger partial charge in [-0.2, -0.15) is 4.31 Å². The molecule has 1 heterocycles. The molecule has 2 amide bonds. The number of sulfonamides is 1. The first-order valence-electron chi connectivity index (χ1n) is 10.8. The summed E-state index contributed by atoms with van der Waals surface area (Å²) in [6, 6.07) is 13.3. The van der Waals surface area contributed by atoms with Crippen LogP contribution < -0.4 is 4.74 Å². The molecule has 1 aliphatic rings. The first-order chi connectivity index (χ1) is 16.3. The molecule has 11 heteroatoms. The summed E-state index contributed by atoms with van der Waals surface area (Å²) in [6.07, 6.45) is -0.420. The number of carbonyl (C=O) groups is 2. The second-order valence-electron chi connectivity index (χ2n) is 7.62. The number of carbonyl (C=O) groups excluding carboxylic acids is 2. The van der Waals surface area contributed by atoms with E-state index < -0.39 is 16.1 Å². The van der Waals surface area contributed by atoms with Gasteiger partial charge in [0.15, 0.2) is 0 Å². The minimum absolute atomic E-state index is 0.00658. The number of ether oxygens (including phenoxy) is 2. The average Bonchev–Trinajstić information content (AvgIpc) is 2.84. The average molecular weight is 510 g/mol. The zero-order chi connectivity index (χ0) is 24.7. The van der Waals surface area contributed by atoms with Gasteiger partial charge in [0.2, 0.25) is 15.9 Å². The van der Waals surface area contributed by atoms with Crippen LogP contribution >= 0.6 is 11.6 Å². The Morgan fingerprint density at radius 2 is 1.68 bits per heavy atom. The molecule has 0 radical (unpaired) electrons. The highest BCUT2D eigenvalue weighted by atomic mass is 35.5. The summed E-state index contributed by atoms with van der Waals surface area (Å²) in [4.78, 5) is 28.0. The van der Waals surface area contributed by atoms with E-state index in [1.807, 2.05) is 6.07 Å². The van der Waals surface area contributed by atoms with E-state index in [9.17, 15) is 18.0 Å². The molecular weight excluding hydrogens is 482 g/mol. The Morgan fingerprint density at radius 1 is 1.03 bits per heavy atom. The van der Waals surface area contributed by atoms with Crippen molar-refractivity contribution in [3.63, 3.8) is 0 Å². The number of benzene rings is 2. The molecule has 0 aromatic heterocycles.